The molecule has 0 saturated carbocycles. The van der Waals surface area contributed by atoms with Crippen LogP contribution in [0.5, 0.6) is 0 Å². The van der Waals surface area contributed by atoms with Crippen molar-refractivity contribution in [3.8, 4) is 0 Å². The van der Waals surface area contributed by atoms with Crippen LogP contribution >= 0.6 is 0 Å². The lowest BCUT2D eigenvalue weighted by Crippen LogP contribution is -2.14. The molecule has 88 valence electrons. The van der Waals surface area contributed by atoms with Crippen LogP contribution in [-0.2, 0) is 0 Å². The molecule has 3 heteroatoms. The number of aromatic nitrogens is 1. The zero-order valence-corrected chi connectivity index (χ0v) is 10.2. The van der Waals surface area contributed by atoms with E-state index >= 15 is 0 Å². The third kappa shape index (κ3) is 2.63. The van der Waals surface area contributed by atoms with Crippen molar-refractivity contribution in [3.63, 3.8) is 0 Å². The van der Waals surface area contributed by atoms with Gasteiger partial charge in [0, 0.05) is 32.2 Å². The minimum Gasteiger partial charge on any atom is -0.378 e. The van der Waals surface area contributed by atoms with Crippen LogP contribution in [0.1, 0.15) is 17.2 Å². The van der Waals surface area contributed by atoms with E-state index in [1.54, 1.807) is 6.20 Å². The molecule has 0 aliphatic carbocycles. The number of rotatable bonds is 3. The summed E-state index contributed by atoms with van der Waals surface area (Å²) in [5.74, 6) is 0. The van der Waals surface area contributed by atoms with Gasteiger partial charge in [-0.1, -0.05) is 18.2 Å². The summed E-state index contributed by atoms with van der Waals surface area (Å²) < 4.78 is 0. The van der Waals surface area contributed by atoms with Crippen molar-refractivity contribution >= 4 is 5.69 Å². The summed E-state index contributed by atoms with van der Waals surface area (Å²) in [5.41, 5.74) is 9.51. The van der Waals surface area contributed by atoms with Crippen molar-refractivity contribution in [2.75, 3.05) is 19.0 Å². The van der Waals surface area contributed by atoms with Gasteiger partial charge in [-0.25, -0.2) is 0 Å². The average molecular weight is 227 g/mol. The molecule has 0 amide bonds. The van der Waals surface area contributed by atoms with Crippen LogP contribution in [0.15, 0.2) is 48.8 Å². The number of anilines is 1. The number of pyridine rings is 1. The first-order valence-corrected chi connectivity index (χ1v) is 5.61. The smallest absolute Gasteiger partial charge is 0.0567 e. The molecule has 0 aliphatic rings. The fourth-order valence-electron chi connectivity index (χ4n) is 1.75. The van der Waals surface area contributed by atoms with Gasteiger partial charge in [0.15, 0.2) is 0 Å². The van der Waals surface area contributed by atoms with Crippen molar-refractivity contribution in [3.05, 3.63) is 59.9 Å². The van der Waals surface area contributed by atoms with Gasteiger partial charge in [-0.3, -0.25) is 4.98 Å². The molecular weight excluding hydrogens is 210 g/mol. The van der Waals surface area contributed by atoms with E-state index in [-0.39, 0.29) is 6.04 Å². The highest BCUT2D eigenvalue weighted by Gasteiger charge is 2.09. The molecule has 0 saturated heterocycles. The molecule has 1 atom stereocenters. The Morgan fingerprint density at radius 3 is 2.53 bits per heavy atom. The lowest BCUT2D eigenvalue weighted by Gasteiger charge is -2.17. The lowest BCUT2D eigenvalue weighted by atomic mass is 10.0. The summed E-state index contributed by atoms with van der Waals surface area (Å²) in [6.45, 7) is 0. The summed E-state index contributed by atoms with van der Waals surface area (Å²) in [6, 6.07) is 12.0. The third-order valence-electron chi connectivity index (χ3n) is 2.79. The Hall–Kier alpha value is -1.87. The van der Waals surface area contributed by atoms with E-state index in [1.807, 2.05) is 44.6 Å². The molecule has 1 heterocycles. The minimum absolute atomic E-state index is 0.122. The van der Waals surface area contributed by atoms with Crippen LogP contribution in [0.2, 0.25) is 0 Å². The monoisotopic (exact) mass is 227 g/mol. The fourth-order valence-corrected chi connectivity index (χ4v) is 1.75. The second-order valence-electron chi connectivity index (χ2n) is 4.25. The Labute approximate surface area is 102 Å². The molecule has 1 aromatic heterocycles. The third-order valence-corrected chi connectivity index (χ3v) is 2.79. The summed E-state index contributed by atoms with van der Waals surface area (Å²) in [5, 5.41) is 0. The van der Waals surface area contributed by atoms with Crippen molar-refractivity contribution in [2.45, 2.75) is 6.04 Å². The maximum Gasteiger partial charge on any atom is 0.0567 e. The second kappa shape index (κ2) is 4.97. The predicted molar refractivity (Wildman–Crippen MR) is 71.0 cm³/mol. The zero-order chi connectivity index (χ0) is 12.3. The number of benzene rings is 1. The van der Waals surface area contributed by atoms with E-state index in [0.717, 1.165) is 16.8 Å². The molecule has 2 N–H and O–H groups in total. The average Bonchev–Trinajstić information content (AvgIpc) is 2.39. The Balaban J connectivity index is 2.31. The second-order valence-corrected chi connectivity index (χ2v) is 4.25. The van der Waals surface area contributed by atoms with Gasteiger partial charge in [-0.05, 0) is 29.3 Å². The highest BCUT2D eigenvalue weighted by atomic mass is 15.1. The van der Waals surface area contributed by atoms with E-state index < -0.39 is 0 Å². The van der Waals surface area contributed by atoms with Gasteiger partial charge >= 0.3 is 0 Å². The SMILES string of the molecule is CN(C)c1cccc(C(N)c2cccnc2)c1. The lowest BCUT2D eigenvalue weighted by molar-refractivity contribution is 0.862. The van der Waals surface area contributed by atoms with Crippen molar-refractivity contribution < 1.29 is 0 Å². The highest BCUT2D eigenvalue weighted by Crippen LogP contribution is 2.22. The molecule has 0 radical (unpaired) electrons. The normalized spacial score (nSPS) is 12.2. The Kier molecular flexibility index (Phi) is 3.40. The van der Waals surface area contributed by atoms with Crippen LogP contribution in [0.3, 0.4) is 0 Å². The molecule has 2 aromatic rings. The van der Waals surface area contributed by atoms with E-state index in [0.29, 0.717) is 0 Å². The molecule has 17 heavy (non-hydrogen) atoms. The van der Waals surface area contributed by atoms with Gasteiger partial charge in [-0.15, -0.1) is 0 Å². The van der Waals surface area contributed by atoms with E-state index in [4.69, 9.17) is 5.73 Å². The Morgan fingerprint density at radius 2 is 1.88 bits per heavy atom. The molecular formula is C14H17N3. The maximum absolute atomic E-state index is 6.23. The minimum atomic E-state index is -0.122. The predicted octanol–water partition coefficient (Wildman–Crippen LogP) is 2.20. The number of hydrogen-bond acceptors (Lipinski definition) is 3. The topological polar surface area (TPSA) is 42.1 Å². The van der Waals surface area contributed by atoms with Gasteiger partial charge in [0.05, 0.1) is 6.04 Å². The molecule has 2 rings (SSSR count). The van der Waals surface area contributed by atoms with Crippen molar-refractivity contribution in [1.29, 1.82) is 0 Å². The van der Waals surface area contributed by atoms with Crippen molar-refractivity contribution in [1.82, 2.24) is 4.98 Å². The van der Waals surface area contributed by atoms with Gasteiger partial charge in [0.1, 0.15) is 0 Å². The quantitative estimate of drug-likeness (QED) is 0.874. The molecule has 0 aliphatic heterocycles. The van der Waals surface area contributed by atoms with E-state index in [2.05, 4.69) is 22.0 Å². The first kappa shape index (κ1) is 11.6. The van der Waals surface area contributed by atoms with Gasteiger partial charge in [0.25, 0.3) is 0 Å². The van der Waals surface area contributed by atoms with E-state index in [1.165, 1.54) is 0 Å². The molecule has 0 fully saturated rings. The van der Waals surface area contributed by atoms with Gasteiger partial charge in [-0.2, -0.15) is 0 Å². The summed E-state index contributed by atoms with van der Waals surface area (Å²) in [7, 11) is 4.05. The van der Waals surface area contributed by atoms with Crippen LogP contribution in [0.4, 0.5) is 5.69 Å². The maximum atomic E-state index is 6.23. The number of nitrogens with two attached hydrogens (primary N) is 1. The molecule has 3 nitrogen and oxygen atoms in total. The van der Waals surface area contributed by atoms with Crippen LogP contribution in [0, 0.1) is 0 Å². The largest absolute Gasteiger partial charge is 0.378 e. The number of hydrogen-bond donors (Lipinski definition) is 1. The first-order valence-electron chi connectivity index (χ1n) is 5.61. The summed E-state index contributed by atoms with van der Waals surface area (Å²) in [6.07, 6.45) is 3.57. The molecule has 0 spiro atoms. The van der Waals surface area contributed by atoms with Crippen LogP contribution < -0.4 is 10.6 Å². The highest BCUT2D eigenvalue weighted by molar-refractivity contribution is 5.49. The van der Waals surface area contributed by atoms with Gasteiger partial charge < -0.3 is 10.6 Å². The van der Waals surface area contributed by atoms with Crippen molar-refractivity contribution in [2.24, 2.45) is 5.73 Å². The first-order chi connectivity index (χ1) is 8.18. The van der Waals surface area contributed by atoms with Gasteiger partial charge in [0.2, 0.25) is 0 Å². The Morgan fingerprint density at radius 1 is 1.12 bits per heavy atom. The van der Waals surface area contributed by atoms with E-state index in [9.17, 15) is 0 Å². The molecule has 0 bridgehead atoms. The molecule has 1 aromatic carbocycles. The van der Waals surface area contributed by atoms with Crippen LogP contribution in [-0.4, -0.2) is 19.1 Å². The standard InChI is InChI=1S/C14H17N3/c1-17(2)13-7-3-5-11(9-13)14(15)12-6-4-8-16-10-12/h3-10,14H,15H2,1-2H3. The zero-order valence-electron chi connectivity index (χ0n) is 10.2. The summed E-state index contributed by atoms with van der Waals surface area (Å²) >= 11 is 0. The summed E-state index contributed by atoms with van der Waals surface area (Å²) in [4.78, 5) is 6.17. The molecule has 1 unspecified atom stereocenters. The van der Waals surface area contributed by atoms with Crippen LogP contribution in [0.25, 0.3) is 0 Å². The number of nitrogens with zero attached hydrogens (tertiary/aromatic N) is 2. The Bertz CT molecular complexity index is 480. The fraction of sp³-hybridized carbons (Fsp3) is 0.214.